The van der Waals surface area contributed by atoms with Crippen LogP contribution in [0.3, 0.4) is 0 Å². The van der Waals surface area contributed by atoms with E-state index in [-0.39, 0.29) is 24.3 Å². The van der Waals surface area contributed by atoms with E-state index in [1.54, 1.807) is 0 Å². The molecule has 0 bridgehead atoms. The van der Waals surface area contributed by atoms with E-state index < -0.39 is 5.79 Å². The van der Waals surface area contributed by atoms with Gasteiger partial charge in [-0.25, -0.2) is 4.99 Å². The van der Waals surface area contributed by atoms with E-state index in [2.05, 4.69) is 72.5 Å². The molecular weight excluding hydrogens is 412 g/mol. The van der Waals surface area contributed by atoms with Crippen LogP contribution >= 0.6 is 0 Å². The molecule has 0 radical (unpaired) electrons. The summed E-state index contributed by atoms with van der Waals surface area (Å²) in [4.78, 5) is 7.56. The molecule has 0 aromatic heterocycles. The molecular formula is C28H38N2O3. The average molecular weight is 451 g/mol. The van der Waals surface area contributed by atoms with Gasteiger partial charge in [0.2, 0.25) is 0 Å². The fourth-order valence-electron chi connectivity index (χ4n) is 4.96. The summed E-state index contributed by atoms with van der Waals surface area (Å²) in [5, 5.41) is 0. The summed E-state index contributed by atoms with van der Waals surface area (Å²) in [5.41, 5.74) is 2.53. The monoisotopic (exact) mass is 450 g/mol. The minimum Gasteiger partial charge on any atom is -0.465 e. The highest BCUT2D eigenvalue weighted by Gasteiger charge is 2.52. The molecule has 0 amide bonds. The van der Waals surface area contributed by atoms with E-state index >= 15 is 0 Å². The van der Waals surface area contributed by atoms with Gasteiger partial charge in [-0.3, -0.25) is 0 Å². The second kappa shape index (κ2) is 10.7. The first-order chi connectivity index (χ1) is 16.0. The van der Waals surface area contributed by atoms with Crippen LogP contribution in [0.2, 0.25) is 0 Å². The first-order valence-corrected chi connectivity index (χ1v) is 12.4. The fraction of sp³-hybridized carbons (Fsp3) is 0.536. The highest BCUT2D eigenvalue weighted by molar-refractivity contribution is 5.75. The quantitative estimate of drug-likeness (QED) is 0.552. The number of hydrogen-bond acceptors (Lipinski definition) is 5. The zero-order chi connectivity index (χ0) is 23.3. The molecule has 0 saturated carbocycles. The van der Waals surface area contributed by atoms with Crippen LogP contribution in [0.4, 0.5) is 0 Å². The van der Waals surface area contributed by atoms with Gasteiger partial charge in [-0.05, 0) is 51.2 Å². The Morgan fingerprint density at radius 2 is 1.48 bits per heavy atom. The molecule has 1 fully saturated rings. The third-order valence-corrected chi connectivity index (χ3v) is 6.45. The zero-order valence-corrected chi connectivity index (χ0v) is 20.4. The van der Waals surface area contributed by atoms with E-state index in [0.717, 1.165) is 38.2 Å². The number of aliphatic imine (C=N–C) groups is 1. The Labute approximate surface area is 198 Å². The van der Waals surface area contributed by atoms with E-state index in [0.29, 0.717) is 6.61 Å². The molecule has 0 unspecified atom stereocenters. The number of benzene rings is 2. The van der Waals surface area contributed by atoms with Crippen LogP contribution < -0.4 is 0 Å². The Bertz CT molecular complexity index is 900. The zero-order valence-electron chi connectivity index (χ0n) is 20.4. The molecule has 2 heterocycles. The molecule has 33 heavy (non-hydrogen) atoms. The molecule has 0 spiro atoms. The minimum atomic E-state index is -0.645. The fourth-order valence-corrected chi connectivity index (χ4v) is 4.96. The number of unbranched alkanes of at least 4 members (excludes halogenated alkanes) is 1. The van der Waals surface area contributed by atoms with Crippen molar-refractivity contribution in [2.45, 2.75) is 83.5 Å². The van der Waals surface area contributed by atoms with E-state index in [9.17, 15) is 0 Å². The lowest BCUT2D eigenvalue weighted by molar-refractivity contribution is -0.152. The minimum absolute atomic E-state index is 0.0781. The van der Waals surface area contributed by atoms with Gasteiger partial charge in [-0.1, -0.05) is 74.0 Å². The summed E-state index contributed by atoms with van der Waals surface area (Å²) in [6.45, 7) is 9.76. The predicted octanol–water partition coefficient (Wildman–Crippen LogP) is 5.24. The topological polar surface area (TPSA) is 43.3 Å². The number of fused-ring (bicyclic) bond motifs is 1. The highest BCUT2D eigenvalue weighted by atomic mass is 16.8. The molecule has 4 rings (SSSR count). The molecule has 2 aromatic carbocycles. The molecule has 0 aliphatic carbocycles. The summed E-state index contributed by atoms with van der Waals surface area (Å²) in [6, 6.07) is 21.9. The molecule has 5 nitrogen and oxygen atoms in total. The summed E-state index contributed by atoms with van der Waals surface area (Å²) in [7, 11) is 0. The number of nitrogens with zero attached hydrogens (tertiary/aromatic N) is 2. The summed E-state index contributed by atoms with van der Waals surface area (Å²) >= 11 is 0. The number of ether oxygens (including phenoxy) is 3. The maximum Gasteiger partial charge on any atom is 0.288 e. The molecule has 2 aliphatic heterocycles. The van der Waals surface area contributed by atoms with Crippen LogP contribution in [0, 0.1) is 0 Å². The van der Waals surface area contributed by atoms with Gasteiger partial charge in [0.05, 0.1) is 18.7 Å². The molecule has 178 valence electrons. The Kier molecular flexibility index (Phi) is 7.71. The SMILES string of the molecule is CCCCN1C(OCC)=N[C@H](Cc2ccccc2)[C@@H]2OC(C)(C)O[C@H]2[C@H]1Cc1ccccc1. The van der Waals surface area contributed by atoms with Gasteiger partial charge in [0, 0.05) is 6.54 Å². The van der Waals surface area contributed by atoms with Gasteiger partial charge < -0.3 is 19.1 Å². The molecule has 4 atom stereocenters. The van der Waals surface area contributed by atoms with Gasteiger partial charge >= 0.3 is 0 Å². The lowest BCUT2D eigenvalue weighted by Gasteiger charge is -2.36. The Morgan fingerprint density at radius 1 is 0.879 bits per heavy atom. The summed E-state index contributed by atoms with van der Waals surface area (Å²) in [6.07, 6.45) is 3.58. The third kappa shape index (κ3) is 5.77. The molecule has 0 N–H and O–H groups in total. The first kappa shape index (κ1) is 23.8. The molecule has 2 aliphatic rings. The lowest BCUT2D eigenvalue weighted by Crippen LogP contribution is -2.51. The smallest absolute Gasteiger partial charge is 0.288 e. The van der Waals surface area contributed by atoms with Crippen molar-refractivity contribution in [3.63, 3.8) is 0 Å². The van der Waals surface area contributed by atoms with E-state index in [1.165, 1.54) is 11.1 Å². The Balaban J connectivity index is 1.75. The summed E-state index contributed by atoms with van der Waals surface area (Å²) < 4.78 is 19.4. The van der Waals surface area contributed by atoms with Gasteiger partial charge in [0.15, 0.2) is 5.79 Å². The number of amidine groups is 1. The first-order valence-electron chi connectivity index (χ1n) is 12.4. The maximum absolute atomic E-state index is 6.63. The number of rotatable bonds is 8. The Morgan fingerprint density at radius 3 is 2.09 bits per heavy atom. The van der Waals surface area contributed by atoms with Gasteiger partial charge in [0.25, 0.3) is 6.02 Å². The second-order valence-corrected chi connectivity index (χ2v) is 9.47. The summed E-state index contributed by atoms with van der Waals surface area (Å²) in [5.74, 6) is -0.645. The van der Waals surface area contributed by atoms with Crippen molar-refractivity contribution in [3.8, 4) is 0 Å². The standard InChI is InChI=1S/C28H38N2O3/c1-5-7-18-30-24(20-22-16-12-9-13-17-22)26-25(32-28(3,4)33-26)23(29-27(30)31-6-2)19-21-14-10-8-11-15-21/h8-17,23-26H,5-7,18-20H2,1-4H3/t23-,24-,25+,26+/m1/s1. The largest absolute Gasteiger partial charge is 0.465 e. The van der Waals surface area contributed by atoms with Crippen molar-refractivity contribution >= 4 is 6.02 Å². The lowest BCUT2D eigenvalue weighted by atomic mass is 9.91. The molecule has 5 heteroatoms. The van der Waals surface area contributed by atoms with E-state index in [1.807, 2.05) is 20.8 Å². The van der Waals surface area contributed by atoms with Crippen LogP contribution in [0.25, 0.3) is 0 Å². The van der Waals surface area contributed by atoms with Crippen LogP contribution in [0.15, 0.2) is 65.7 Å². The van der Waals surface area contributed by atoms with Crippen LogP contribution in [0.5, 0.6) is 0 Å². The van der Waals surface area contributed by atoms with Crippen molar-refractivity contribution in [2.75, 3.05) is 13.2 Å². The Hall–Kier alpha value is -2.37. The van der Waals surface area contributed by atoms with Crippen molar-refractivity contribution < 1.29 is 14.2 Å². The van der Waals surface area contributed by atoms with E-state index in [4.69, 9.17) is 19.2 Å². The molecule has 2 aromatic rings. The van der Waals surface area contributed by atoms with Crippen LogP contribution in [0.1, 0.15) is 51.7 Å². The number of hydrogen-bond donors (Lipinski definition) is 0. The average Bonchev–Trinajstić information content (AvgIpc) is 3.10. The second-order valence-electron chi connectivity index (χ2n) is 9.47. The van der Waals surface area contributed by atoms with Gasteiger partial charge in [0.1, 0.15) is 12.2 Å². The highest BCUT2D eigenvalue weighted by Crippen LogP contribution is 2.38. The van der Waals surface area contributed by atoms with Crippen molar-refractivity contribution in [1.82, 2.24) is 4.90 Å². The third-order valence-electron chi connectivity index (χ3n) is 6.45. The van der Waals surface area contributed by atoms with Crippen molar-refractivity contribution in [1.29, 1.82) is 0 Å². The molecule has 1 saturated heterocycles. The normalized spacial score (nSPS) is 26.4. The van der Waals surface area contributed by atoms with Crippen LogP contribution in [-0.2, 0) is 27.1 Å². The maximum atomic E-state index is 6.63. The van der Waals surface area contributed by atoms with Crippen molar-refractivity contribution in [2.24, 2.45) is 4.99 Å². The van der Waals surface area contributed by atoms with Gasteiger partial charge in [-0.15, -0.1) is 0 Å². The predicted molar refractivity (Wildman–Crippen MR) is 132 cm³/mol. The van der Waals surface area contributed by atoms with Gasteiger partial charge in [-0.2, -0.15) is 0 Å². The van der Waals surface area contributed by atoms with Crippen molar-refractivity contribution in [3.05, 3.63) is 71.8 Å². The van der Waals surface area contributed by atoms with Crippen LogP contribution in [-0.4, -0.2) is 54.2 Å².